The Morgan fingerprint density at radius 1 is 1.18 bits per heavy atom. The number of piperidine rings is 1. The lowest BCUT2D eigenvalue weighted by molar-refractivity contribution is 0.102. The van der Waals surface area contributed by atoms with E-state index >= 15 is 0 Å². The van der Waals surface area contributed by atoms with Gasteiger partial charge in [-0.15, -0.1) is 0 Å². The Labute approximate surface area is 166 Å². The number of likely N-dealkylation sites (tertiary alicyclic amines) is 1. The van der Waals surface area contributed by atoms with E-state index in [0.717, 1.165) is 62.3 Å². The number of hydrogen-bond donors (Lipinski definition) is 0. The van der Waals surface area contributed by atoms with Crippen LogP contribution in [0.3, 0.4) is 0 Å². The average molecular weight is 387 g/mol. The van der Waals surface area contributed by atoms with Crippen molar-refractivity contribution in [3.05, 3.63) is 47.4 Å². The highest BCUT2D eigenvalue weighted by atomic mass is 19.1. The summed E-state index contributed by atoms with van der Waals surface area (Å²) in [5.74, 6) is 2.29. The molecule has 5 nitrogen and oxygen atoms in total. The summed E-state index contributed by atoms with van der Waals surface area (Å²) < 4.78 is 24.8. The van der Waals surface area contributed by atoms with E-state index in [2.05, 4.69) is 15.0 Å². The van der Waals surface area contributed by atoms with Gasteiger partial charge >= 0.3 is 0 Å². The number of nitrogens with zero attached hydrogens (tertiary/aromatic N) is 3. The van der Waals surface area contributed by atoms with E-state index in [9.17, 15) is 4.39 Å². The third-order valence-corrected chi connectivity index (χ3v) is 5.93. The van der Waals surface area contributed by atoms with Gasteiger partial charge in [0.25, 0.3) is 0 Å². The van der Waals surface area contributed by atoms with Gasteiger partial charge < -0.3 is 9.26 Å². The zero-order valence-corrected chi connectivity index (χ0v) is 16.5. The molecule has 2 aliphatic rings. The van der Waals surface area contributed by atoms with Crippen LogP contribution in [-0.2, 0) is 17.7 Å². The van der Waals surface area contributed by atoms with Gasteiger partial charge in [-0.25, -0.2) is 4.39 Å². The van der Waals surface area contributed by atoms with Gasteiger partial charge in [0.2, 0.25) is 5.89 Å². The molecule has 0 radical (unpaired) electrons. The van der Waals surface area contributed by atoms with Crippen molar-refractivity contribution in [2.45, 2.75) is 57.4 Å². The largest absolute Gasteiger partial charge is 0.381 e. The van der Waals surface area contributed by atoms with E-state index in [1.165, 1.54) is 31.7 Å². The number of halogens is 1. The summed E-state index contributed by atoms with van der Waals surface area (Å²) in [6, 6.07) is 6.84. The van der Waals surface area contributed by atoms with Gasteiger partial charge in [0.1, 0.15) is 5.82 Å². The summed E-state index contributed by atoms with van der Waals surface area (Å²) in [4.78, 5) is 6.96. The van der Waals surface area contributed by atoms with Crippen LogP contribution in [-0.4, -0.2) is 41.3 Å². The summed E-state index contributed by atoms with van der Waals surface area (Å²) in [6.07, 6.45) is 8.15. The van der Waals surface area contributed by atoms with Gasteiger partial charge in [-0.05, 0) is 55.8 Å². The number of ether oxygens (including phenoxy) is 1. The predicted molar refractivity (Wildman–Crippen MR) is 104 cm³/mol. The second-order valence-electron chi connectivity index (χ2n) is 8.23. The molecule has 1 unspecified atom stereocenters. The zero-order valence-electron chi connectivity index (χ0n) is 16.5. The monoisotopic (exact) mass is 387 g/mol. The number of benzene rings is 1. The summed E-state index contributed by atoms with van der Waals surface area (Å²) in [7, 11) is 0. The molecule has 0 N–H and O–H groups in total. The molecule has 6 heteroatoms. The normalized spacial score (nSPS) is 21.4. The van der Waals surface area contributed by atoms with Crippen molar-refractivity contribution in [3.8, 4) is 0 Å². The lowest BCUT2D eigenvalue weighted by Crippen LogP contribution is -2.34. The molecule has 1 saturated carbocycles. The van der Waals surface area contributed by atoms with Gasteiger partial charge in [0, 0.05) is 26.1 Å². The van der Waals surface area contributed by atoms with Crippen molar-refractivity contribution in [1.82, 2.24) is 15.0 Å². The van der Waals surface area contributed by atoms with Gasteiger partial charge in [-0.1, -0.05) is 30.1 Å². The first-order valence-corrected chi connectivity index (χ1v) is 10.6. The summed E-state index contributed by atoms with van der Waals surface area (Å²) >= 11 is 0. The van der Waals surface area contributed by atoms with E-state index in [1.54, 1.807) is 12.1 Å². The fourth-order valence-corrected chi connectivity index (χ4v) is 4.42. The maximum absolute atomic E-state index is 13.4. The van der Waals surface area contributed by atoms with E-state index in [-0.39, 0.29) is 11.7 Å². The van der Waals surface area contributed by atoms with Crippen molar-refractivity contribution < 1.29 is 13.7 Å². The minimum atomic E-state index is -0.178. The van der Waals surface area contributed by atoms with Crippen LogP contribution in [0, 0.1) is 11.7 Å². The second kappa shape index (κ2) is 9.61. The van der Waals surface area contributed by atoms with Gasteiger partial charge in [-0.3, -0.25) is 4.90 Å². The summed E-state index contributed by atoms with van der Waals surface area (Å²) in [5.41, 5.74) is 1.01. The van der Waals surface area contributed by atoms with Crippen LogP contribution in [0.4, 0.5) is 4.39 Å². The van der Waals surface area contributed by atoms with Crippen LogP contribution in [0.2, 0.25) is 0 Å². The third kappa shape index (κ3) is 5.39. The van der Waals surface area contributed by atoms with Crippen molar-refractivity contribution in [2.24, 2.45) is 5.92 Å². The second-order valence-corrected chi connectivity index (χ2v) is 8.23. The van der Waals surface area contributed by atoms with Gasteiger partial charge in [-0.2, -0.15) is 4.98 Å². The van der Waals surface area contributed by atoms with Crippen LogP contribution >= 0.6 is 0 Å². The summed E-state index contributed by atoms with van der Waals surface area (Å²) in [5, 5.41) is 4.15. The van der Waals surface area contributed by atoms with Crippen molar-refractivity contribution in [3.63, 3.8) is 0 Å². The van der Waals surface area contributed by atoms with Crippen molar-refractivity contribution >= 4 is 0 Å². The van der Waals surface area contributed by atoms with Crippen LogP contribution in [0.5, 0.6) is 0 Å². The quantitative estimate of drug-likeness (QED) is 0.631. The van der Waals surface area contributed by atoms with E-state index in [0.29, 0.717) is 13.0 Å². The Kier molecular flexibility index (Phi) is 6.70. The SMILES string of the molecule is Fc1cccc(CN2CCCC(c3nc(CCOCC4CCCC4)no3)C2)c1. The molecule has 2 fully saturated rings. The molecule has 0 bridgehead atoms. The summed E-state index contributed by atoms with van der Waals surface area (Å²) in [6.45, 7) is 4.16. The van der Waals surface area contributed by atoms with Gasteiger partial charge in [0.05, 0.1) is 12.5 Å². The molecule has 28 heavy (non-hydrogen) atoms. The molecule has 0 spiro atoms. The molecule has 4 rings (SSSR count). The van der Waals surface area contributed by atoms with Crippen LogP contribution < -0.4 is 0 Å². The third-order valence-electron chi connectivity index (χ3n) is 5.93. The maximum Gasteiger partial charge on any atom is 0.231 e. The Morgan fingerprint density at radius 3 is 2.93 bits per heavy atom. The standard InChI is InChI=1S/C22H30FN3O2/c23-20-9-3-7-18(13-20)14-26-11-4-8-19(15-26)22-24-21(25-28-22)10-12-27-16-17-5-1-2-6-17/h3,7,9,13,17,19H,1-2,4-6,8,10-12,14-16H2. The van der Waals surface area contributed by atoms with Crippen molar-refractivity contribution in [2.75, 3.05) is 26.3 Å². The van der Waals surface area contributed by atoms with E-state index in [4.69, 9.17) is 9.26 Å². The van der Waals surface area contributed by atoms with Crippen LogP contribution in [0.15, 0.2) is 28.8 Å². The molecular weight excluding hydrogens is 357 g/mol. The first-order valence-electron chi connectivity index (χ1n) is 10.6. The first kappa shape index (κ1) is 19.5. The molecule has 1 saturated heterocycles. The molecule has 1 atom stereocenters. The average Bonchev–Trinajstić information content (AvgIpc) is 3.38. The van der Waals surface area contributed by atoms with Crippen LogP contribution in [0.25, 0.3) is 0 Å². The molecule has 2 heterocycles. The molecule has 2 aromatic rings. The highest BCUT2D eigenvalue weighted by molar-refractivity contribution is 5.16. The number of rotatable bonds is 8. The fourth-order valence-electron chi connectivity index (χ4n) is 4.42. The Morgan fingerprint density at radius 2 is 2.07 bits per heavy atom. The highest BCUT2D eigenvalue weighted by Gasteiger charge is 2.26. The minimum absolute atomic E-state index is 0.178. The predicted octanol–water partition coefficient (Wildman–Crippen LogP) is 4.34. The number of hydrogen-bond acceptors (Lipinski definition) is 5. The highest BCUT2D eigenvalue weighted by Crippen LogP contribution is 2.27. The molecular formula is C22H30FN3O2. The molecule has 1 aromatic heterocycles. The molecule has 0 amide bonds. The van der Waals surface area contributed by atoms with E-state index < -0.39 is 0 Å². The lowest BCUT2D eigenvalue weighted by Gasteiger charge is -2.30. The Hall–Kier alpha value is -1.79. The van der Waals surface area contributed by atoms with Crippen molar-refractivity contribution in [1.29, 1.82) is 0 Å². The molecule has 1 aromatic carbocycles. The van der Waals surface area contributed by atoms with E-state index in [1.807, 2.05) is 6.07 Å². The first-order chi connectivity index (χ1) is 13.8. The van der Waals surface area contributed by atoms with Gasteiger partial charge in [0.15, 0.2) is 5.82 Å². The zero-order chi connectivity index (χ0) is 19.2. The molecule has 1 aliphatic heterocycles. The van der Waals surface area contributed by atoms with Crippen LogP contribution in [0.1, 0.15) is 61.7 Å². The maximum atomic E-state index is 13.4. The number of aromatic nitrogens is 2. The Bertz CT molecular complexity index is 745. The minimum Gasteiger partial charge on any atom is -0.381 e. The smallest absolute Gasteiger partial charge is 0.231 e. The molecule has 1 aliphatic carbocycles. The topological polar surface area (TPSA) is 51.4 Å². The lowest BCUT2D eigenvalue weighted by atomic mass is 9.97. The Balaban J connectivity index is 1.24. The molecule has 152 valence electrons. The fraction of sp³-hybridized carbons (Fsp3) is 0.636.